The standard InChI is InChI=1S/C14H9Cl2N3O3/c15-9-5-11-12(6-10(9)16)22-14(18-11)17-8-3-1-2-7(4-8)13(20)19-21/h1-6,21H,(H,17,18)(H,19,20). The minimum Gasteiger partial charge on any atom is -0.423 e. The molecule has 0 bridgehead atoms. The van der Waals surface area contributed by atoms with E-state index < -0.39 is 5.91 Å². The van der Waals surface area contributed by atoms with Crippen LogP contribution in [0.15, 0.2) is 40.8 Å². The number of rotatable bonds is 3. The topological polar surface area (TPSA) is 87.4 Å². The summed E-state index contributed by atoms with van der Waals surface area (Å²) in [5, 5.41) is 12.3. The van der Waals surface area contributed by atoms with Crippen molar-refractivity contribution in [2.24, 2.45) is 0 Å². The molecule has 0 fully saturated rings. The van der Waals surface area contributed by atoms with Gasteiger partial charge in [0.2, 0.25) is 0 Å². The van der Waals surface area contributed by atoms with Crippen molar-refractivity contribution in [3.05, 3.63) is 52.0 Å². The number of hydroxylamine groups is 1. The average Bonchev–Trinajstić information content (AvgIpc) is 2.88. The molecule has 0 aliphatic heterocycles. The van der Waals surface area contributed by atoms with Gasteiger partial charge in [0.1, 0.15) is 5.52 Å². The molecule has 0 unspecified atom stereocenters. The van der Waals surface area contributed by atoms with E-state index in [-0.39, 0.29) is 11.6 Å². The van der Waals surface area contributed by atoms with Crippen molar-refractivity contribution in [2.75, 3.05) is 5.32 Å². The molecule has 0 aliphatic carbocycles. The minimum atomic E-state index is -0.611. The highest BCUT2D eigenvalue weighted by Crippen LogP contribution is 2.30. The molecule has 6 nitrogen and oxygen atoms in total. The van der Waals surface area contributed by atoms with Crippen LogP contribution in [0, 0.1) is 0 Å². The van der Waals surface area contributed by atoms with Gasteiger partial charge in [-0.05, 0) is 24.3 Å². The van der Waals surface area contributed by atoms with E-state index >= 15 is 0 Å². The number of hydrogen-bond donors (Lipinski definition) is 3. The summed E-state index contributed by atoms with van der Waals surface area (Å²) in [6.45, 7) is 0. The van der Waals surface area contributed by atoms with Gasteiger partial charge in [0.15, 0.2) is 5.58 Å². The minimum absolute atomic E-state index is 0.231. The lowest BCUT2D eigenvalue weighted by Gasteiger charge is -2.03. The van der Waals surface area contributed by atoms with Crippen molar-refractivity contribution < 1.29 is 14.4 Å². The van der Waals surface area contributed by atoms with E-state index in [1.54, 1.807) is 41.9 Å². The maximum atomic E-state index is 11.4. The number of nitrogens with zero attached hydrogens (tertiary/aromatic N) is 1. The normalized spacial score (nSPS) is 10.7. The van der Waals surface area contributed by atoms with Crippen molar-refractivity contribution >= 4 is 51.9 Å². The molecule has 1 amide bonds. The summed E-state index contributed by atoms with van der Waals surface area (Å²) in [7, 11) is 0. The number of nitrogens with one attached hydrogen (secondary N) is 2. The summed E-state index contributed by atoms with van der Waals surface area (Å²) in [5.74, 6) is -0.611. The summed E-state index contributed by atoms with van der Waals surface area (Å²) in [4.78, 5) is 15.6. The number of carbonyl (C=O) groups is 1. The van der Waals surface area contributed by atoms with Crippen LogP contribution < -0.4 is 10.8 Å². The highest BCUT2D eigenvalue weighted by molar-refractivity contribution is 6.42. The van der Waals surface area contributed by atoms with Crippen molar-refractivity contribution in [1.29, 1.82) is 0 Å². The molecule has 3 aromatic rings. The van der Waals surface area contributed by atoms with E-state index in [0.717, 1.165) is 0 Å². The Morgan fingerprint density at radius 3 is 2.73 bits per heavy atom. The van der Waals surface area contributed by atoms with Gasteiger partial charge in [0.25, 0.3) is 11.9 Å². The predicted octanol–water partition coefficient (Wildman–Crippen LogP) is 4.00. The molecule has 1 aromatic heterocycles. The Balaban J connectivity index is 1.91. The Bertz CT molecular complexity index is 825. The predicted molar refractivity (Wildman–Crippen MR) is 83.0 cm³/mol. The maximum absolute atomic E-state index is 11.4. The van der Waals surface area contributed by atoms with Gasteiger partial charge in [-0.3, -0.25) is 10.0 Å². The number of aromatic nitrogens is 1. The zero-order valence-corrected chi connectivity index (χ0v) is 12.4. The van der Waals surface area contributed by atoms with Gasteiger partial charge in [-0.25, -0.2) is 5.48 Å². The number of fused-ring (bicyclic) bond motifs is 1. The van der Waals surface area contributed by atoms with E-state index in [9.17, 15) is 4.79 Å². The molecule has 0 spiro atoms. The fourth-order valence-electron chi connectivity index (χ4n) is 1.90. The van der Waals surface area contributed by atoms with Gasteiger partial charge in [-0.1, -0.05) is 29.3 Å². The molecule has 8 heteroatoms. The Hall–Kier alpha value is -2.28. The van der Waals surface area contributed by atoms with Crippen LogP contribution in [0.5, 0.6) is 0 Å². The first kappa shape index (κ1) is 14.6. The molecule has 112 valence electrons. The molecular weight excluding hydrogens is 329 g/mol. The second-order valence-electron chi connectivity index (χ2n) is 4.40. The lowest BCUT2D eigenvalue weighted by Crippen LogP contribution is -2.18. The van der Waals surface area contributed by atoms with Gasteiger partial charge in [-0.2, -0.15) is 4.98 Å². The van der Waals surface area contributed by atoms with Gasteiger partial charge in [0.05, 0.1) is 10.0 Å². The Labute approximate surface area is 134 Å². The van der Waals surface area contributed by atoms with E-state index in [1.807, 2.05) is 0 Å². The Morgan fingerprint density at radius 2 is 1.95 bits per heavy atom. The number of carbonyl (C=O) groups excluding carboxylic acids is 1. The van der Waals surface area contributed by atoms with Crippen LogP contribution in [-0.4, -0.2) is 16.1 Å². The number of hydrogen-bond acceptors (Lipinski definition) is 5. The number of halogens is 2. The van der Waals surface area contributed by atoms with Gasteiger partial charge < -0.3 is 9.73 Å². The Morgan fingerprint density at radius 1 is 1.18 bits per heavy atom. The zero-order chi connectivity index (χ0) is 15.7. The summed E-state index contributed by atoms with van der Waals surface area (Å²) in [6, 6.07) is 9.89. The number of amides is 1. The number of oxazole rings is 1. The number of benzene rings is 2. The van der Waals surface area contributed by atoms with E-state index in [4.69, 9.17) is 32.8 Å². The lowest BCUT2D eigenvalue weighted by atomic mass is 10.2. The second kappa shape index (κ2) is 5.84. The van der Waals surface area contributed by atoms with Crippen molar-refractivity contribution in [2.45, 2.75) is 0 Å². The van der Waals surface area contributed by atoms with Gasteiger partial charge in [-0.15, -0.1) is 0 Å². The largest absolute Gasteiger partial charge is 0.423 e. The van der Waals surface area contributed by atoms with Crippen LogP contribution in [0.4, 0.5) is 11.7 Å². The lowest BCUT2D eigenvalue weighted by molar-refractivity contribution is 0.0706. The highest BCUT2D eigenvalue weighted by atomic mass is 35.5. The first-order valence-electron chi connectivity index (χ1n) is 6.14. The van der Waals surface area contributed by atoms with E-state index in [1.165, 1.54) is 0 Å². The molecule has 3 N–H and O–H groups in total. The third-order valence-corrected chi connectivity index (χ3v) is 3.63. The average molecular weight is 338 g/mol. The molecule has 3 rings (SSSR count). The summed E-state index contributed by atoms with van der Waals surface area (Å²) in [5.41, 5.74) is 3.48. The molecule has 0 saturated carbocycles. The van der Waals surface area contributed by atoms with Crippen molar-refractivity contribution in [3.8, 4) is 0 Å². The first-order chi connectivity index (χ1) is 10.6. The van der Waals surface area contributed by atoms with Gasteiger partial charge >= 0.3 is 0 Å². The first-order valence-corrected chi connectivity index (χ1v) is 6.89. The molecular formula is C14H9Cl2N3O3. The van der Waals surface area contributed by atoms with Crippen LogP contribution in [0.25, 0.3) is 11.1 Å². The Kier molecular flexibility index (Phi) is 3.89. The third-order valence-electron chi connectivity index (χ3n) is 2.91. The number of anilines is 2. The molecule has 1 heterocycles. The SMILES string of the molecule is O=C(NO)c1cccc(Nc2nc3cc(Cl)c(Cl)cc3o2)c1. The van der Waals surface area contributed by atoms with Gasteiger partial charge in [0, 0.05) is 17.3 Å². The molecule has 0 radical (unpaired) electrons. The summed E-state index contributed by atoms with van der Waals surface area (Å²) < 4.78 is 5.52. The monoisotopic (exact) mass is 337 g/mol. The maximum Gasteiger partial charge on any atom is 0.300 e. The van der Waals surface area contributed by atoms with Crippen molar-refractivity contribution in [1.82, 2.24) is 10.5 Å². The highest BCUT2D eigenvalue weighted by Gasteiger charge is 2.10. The van der Waals surface area contributed by atoms with Crippen LogP contribution >= 0.6 is 23.2 Å². The quantitative estimate of drug-likeness (QED) is 0.496. The molecule has 0 aliphatic rings. The summed E-state index contributed by atoms with van der Waals surface area (Å²) in [6.07, 6.45) is 0. The fourth-order valence-corrected chi connectivity index (χ4v) is 2.21. The fraction of sp³-hybridized carbons (Fsp3) is 0. The molecule has 0 atom stereocenters. The second-order valence-corrected chi connectivity index (χ2v) is 5.21. The van der Waals surface area contributed by atoms with E-state index in [0.29, 0.717) is 26.8 Å². The van der Waals surface area contributed by atoms with Crippen LogP contribution in [-0.2, 0) is 0 Å². The molecule has 2 aromatic carbocycles. The van der Waals surface area contributed by atoms with Crippen molar-refractivity contribution in [3.63, 3.8) is 0 Å². The zero-order valence-electron chi connectivity index (χ0n) is 10.9. The summed E-state index contributed by atoms with van der Waals surface area (Å²) >= 11 is 11.8. The molecule has 22 heavy (non-hydrogen) atoms. The van der Waals surface area contributed by atoms with Crippen LogP contribution in [0.2, 0.25) is 10.0 Å². The van der Waals surface area contributed by atoms with Crippen LogP contribution in [0.1, 0.15) is 10.4 Å². The van der Waals surface area contributed by atoms with Crippen LogP contribution in [0.3, 0.4) is 0 Å². The third kappa shape index (κ3) is 2.85. The molecule has 0 saturated heterocycles. The smallest absolute Gasteiger partial charge is 0.300 e. The van der Waals surface area contributed by atoms with E-state index in [2.05, 4.69) is 10.3 Å².